The minimum Gasteiger partial charge on any atom is -0.311 e. The summed E-state index contributed by atoms with van der Waals surface area (Å²) in [6, 6.07) is 2.30. The van der Waals surface area contributed by atoms with E-state index in [1.54, 1.807) is 0 Å². The first kappa shape index (κ1) is 15.3. The second-order valence-corrected chi connectivity index (χ2v) is 8.13. The van der Waals surface area contributed by atoms with Gasteiger partial charge < -0.3 is 10.2 Å². The van der Waals surface area contributed by atoms with Crippen molar-refractivity contribution < 1.29 is 0 Å². The standard InChI is InChI=1S/C17H34N2/c1-13-12-16(10-11-19(13)5)18-15-8-6-14(7-9-15)17(2,3)4/h13-16,18H,6-12H2,1-5H3. The molecule has 112 valence electrons. The van der Waals surface area contributed by atoms with Crippen LogP contribution in [0.15, 0.2) is 0 Å². The van der Waals surface area contributed by atoms with Crippen LogP contribution in [0.25, 0.3) is 0 Å². The van der Waals surface area contributed by atoms with Crippen LogP contribution >= 0.6 is 0 Å². The van der Waals surface area contributed by atoms with Gasteiger partial charge in [0.15, 0.2) is 0 Å². The Morgan fingerprint density at radius 3 is 2.11 bits per heavy atom. The van der Waals surface area contributed by atoms with E-state index in [0.29, 0.717) is 5.41 Å². The van der Waals surface area contributed by atoms with Crippen molar-refractivity contribution in [1.82, 2.24) is 10.2 Å². The van der Waals surface area contributed by atoms with Gasteiger partial charge in [-0.05, 0) is 70.4 Å². The summed E-state index contributed by atoms with van der Waals surface area (Å²) in [5.41, 5.74) is 0.507. The van der Waals surface area contributed by atoms with Crippen molar-refractivity contribution in [3.05, 3.63) is 0 Å². The van der Waals surface area contributed by atoms with Gasteiger partial charge in [-0.1, -0.05) is 20.8 Å². The van der Waals surface area contributed by atoms with Crippen LogP contribution in [0.5, 0.6) is 0 Å². The van der Waals surface area contributed by atoms with Crippen molar-refractivity contribution in [2.75, 3.05) is 13.6 Å². The predicted octanol–water partition coefficient (Wildman–Crippen LogP) is 3.66. The van der Waals surface area contributed by atoms with Crippen molar-refractivity contribution in [3.63, 3.8) is 0 Å². The van der Waals surface area contributed by atoms with E-state index in [2.05, 4.69) is 45.0 Å². The fourth-order valence-electron chi connectivity index (χ4n) is 3.90. The number of nitrogens with one attached hydrogen (secondary N) is 1. The van der Waals surface area contributed by atoms with E-state index in [4.69, 9.17) is 0 Å². The van der Waals surface area contributed by atoms with Crippen LogP contribution in [0.4, 0.5) is 0 Å². The SMILES string of the molecule is CC1CC(NC2CCC(C(C)(C)C)CC2)CCN1C. The Labute approximate surface area is 120 Å². The molecule has 0 spiro atoms. The summed E-state index contributed by atoms with van der Waals surface area (Å²) in [6.07, 6.45) is 8.29. The van der Waals surface area contributed by atoms with Crippen molar-refractivity contribution in [2.24, 2.45) is 11.3 Å². The molecule has 2 aliphatic rings. The molecule has 1 saturated carbocycles. The molecule has 1 aliphatic heterocycles. The highest BCUT2D eigenvalue weighted by Crippen LogP contribution is 2.38. The second-order valence-electron chi connectivity index (χ2n) is 8.13. The lowest BCUT2D eigenvalue weighted by molar-refractivity contribution is 0.131. The molecule has 0 amide bonds. The fraction of sp³-hybridized carbons (Fsp3) is 1.00. The van der Waals surface area contributed by atoms with Crippen LogP contribution in [0, 0.1) is 11.3 Å². The molecule has 19 heavy (non-hydrogen) atoms. The molecular formula is C17H34N2. The average molecular weight is 266 g/mol. The summed E-state index contributed by atoms with van der Waals surface area (Å²) in [7, 11) is 2.26. The normalized spacial score (nSPS) is 38.4. The molecule has 1 aliphatic carbocycles. The first-order chi connectivity index (χ1) is 8.86. The fourth-order valence-corrected chi connectivity index (χ4v) is 3.90. The third-order valence-electron chi connectivity index (χ3n) is 5.63. The first-order valence-electron chi connectivity index (χ1n) is 8.32. The average Bonchev–Trinajstić information content (AvgIpc) is 2.33. The van der Waals surface area contributed by atoms with E-state index < -0.39 is 0 Å². The molecule has 1 heterocycles. The van der Waals surface area contributed by atoms with Crippen molar-refractivity contribution in [3.8, 4) is 0 Å². The Hall–Kier alpha value is -0.0800. The Balaban J connectivity index is 1.74. The molecule has 0 aromatic heterocycles. The minimum atomic E-state index is 0.507. The second kappa shape index (κ2) is 6.13. The number of rotatable bonds is 2. The Kier molecular flexibility index (Phi) is 4.94. The molecule has 2 rings (SSSR count). The highest BCUT2D eigenvalue weighted by Gasteiger charge is 2.31. The molecule has 2 atom stereocenters. The van der Waals surface area contributed by atoms with Gasteiger partial charge >= 0.3 is 0 Å². The van der Waals surface area contributed by atoms with Gasteiger partial charge in [0.1, 0.15) is 0 Å². The Morgan fingerprint density at radius 2 is 1.58 bits per heavy atom. The predicted molar refractivity (Wildman–Crippen MR) is 83.5 cm³/mol. The number of piperidine rings is 1. The Morgan fingerprint density at radius 1 is 0.947 bits per heavy atom. The molecule has 0 radical (unpaired) electrons. The summed E-state index contributed by atoms with van der Waals surface area (Å²) < 4.78 is 0. The zero-order chi connectivity index (χ0) is 14.0. The minimum absolute atomic E-state index is 0.507. The lowest BCUT2D eigenvalue weighted by Crippen LogP contribution is -2.49. The van der Waals surface area contributed by atoms with Gasteiger partial charge in [0.05, 0.1) is 0 Å². The molecule has 0 aromatic rings. The maximum atomic E-state index is 3.95. The third kappa shape index (κ3) is 4.19. The van der Waals surface area contributed by atoms with Gasteiger partial charge in [-0.3, -0.25) is 0 Å². The van der Waals surface area contributed by atoms with Gasteiger partial charge in [-0.15, -0.1) is 0 Å². The molecule has 0 bridgehead atoms. The molecule has 2 nitrogen and oxygen atoms in total. The van der Waals surface area contributed by atoms with Crippen molar-refractivity contribution in [1.29, 1.82) is 0 Å². The molecule has 2 fully saturated rings. The van der Waals surface area contributed by atoms with Gasteiger partial charge in [-0.2, -0.15) is 0 Å². The summed E-state index contributed by atoms with van der Waals surface area (Å²) in [5.74, 6) is 0.932. The highest BCUT2D eigenvalue weighted by molar-refractivity contribution is 4.88. The van der Waals surface area contributed by atoms with Crippen LogP contribution in [0.3, 0.4) is 0 Å². The number of likely N-dealkylation sites (tertiary alicyclic amines) is 1. The van der Waals surface area contributed by atoms with E-state index in [0.717, 1.165) is 24.0 Å². The summed E-state index contributed by atoms with van der Waals surface area (Å²) in [5, 5.41) is 3.95. The summed E-state index contributed by atoms with van der Waals surface area (Å²) >= 11 is 0. The van der Waals surface area contributed by atoms with Crippen LogP contribution < -0.4 is 5.32 Å². The zero-order valence-corrected chi connectivity index (χ0v) is 13.7. The van der Waals surface area contributed by atoms with Gasteiger partial charge in [0, 0.05) is 18.1 Å². The van der Waals surface area contributed by atoms with E-state index in [1.165, 1.54) is 45.1 Å². The topological polar surface area (TPSA) is 15.3 Å². The molecule has 2 unspecified atom stereocenters. The first-order valence-corrected chi connectivity index (χ1v) is 8.32. The van der Waals surface area contributed by atoms with Gasteiger partial charge in [0.25, 0.3) is 0 Å². The quantitative estimate of drug-likeness (QED) is 0.820. The lowest BCUT2D eigenvalue weighted by atomic mass is 9.71. The van der Waals surface area contributed by atoms with Gasteiger partial charge in [0.2, 0.25) is 0 Å². The maximum absolute atomic E-state index is 3.95. The zero-order valence-electron chi connectivity index (χ0n) is 13.7. The number of hydrogen-bond donors (Lipinski definition) is 1. The van der Waals surface area contributed by atoms with Crippen molar-refractivity contribution in [2.45, 2.75) is 84.3 Å². The van der Waals surface area contributed by atoms with E-state index in [-0.39, 0.29) is 0 Å². The largest absolute Gasteiger partial charge is 0.311 e. The molecular weight excluding hydrogens is 232 g/mol. The van der Waals surface area contributed by atoms with Crippen LogP contribution in [0.1, 0.15) is 66.2 Å². The van der Waals surface area contributed by atoms with Gasteiger partial charge in [-0.25, -0.2) is 0 Å². The highest BCUT2D eigenvalue weighted by atomic mass is 15.1. The monoisotopic (exact) mass is 266 g/mol. The summed E-state index contributed by atoms with van der Waals surface area (Å²) in [6.45, 7) is 10.8. The van der Waals surface area contributed by atoms with E-state index in [9.17, 15) is 0 Å². The molecule has 1 N–H and O–H groups in total. The maximum Gasteiger partial charge on any atom is 0.00966 e. The van der Waals surface area contributed by atoms with Crippen LogP contribution in [0.2, 0.25) is 0 Å². The molecule has 0 aromatic carbocycles. The van der Waals surface area contributed by atoms with Crippen LogP contribution in [-0.2, 0) is 0 Å². The number of nitrogens with zero attached hydrogens (tertiary/aromatic N) is 1. The van der Waals surface area contributed by atoms with E-state index in [1.807, 2.05) is 0 Å². The molecule has 1 saturated heterocycles. The lowest BCUT2D eigenvalue weighted by Gasteiger charge is -2.41. The molecule has 2 heteroatoms. The smallest absolute Gasteiger partial charge is 0.00966 e. The van der Waals surface area contributed by atoms with Crippen LogP contribution in [-0.4, -0.2) is 36.6 Å². The summed E-state index contributed by atoms with van der Waals surface area (Å²) in [4.78, 5) is 2.49. The number of hydrogen-bond acceptors (Lipinski definition) is 2. The third-order valence-corrected chi connectivity index (χ3v) is 5.63. The van der Waals surface area contributed by atoms with Crippen molar-refractivity contribution >= 4 is 0 Å². The Bertz CT molecular complexity index is 273. The van der Waals surface area contributed by atoms with E-state index >= 15 is 0 Å².